The van der Waals surface area contributed by atoms with Crippen molar-refractivity contribution in [1.29, 1.82) is 0 Å². The summed E-state index contributed by atoms with van der Waals surface area (Å²) < 4.78 is 0. The van der Waals surface area contributed by atoms with Crippen molar-refractivity contribution < 1.29 is 0 Å². The molecule has 104 valence electrons. The van der Waals surface area contributed by atoms with Crippen LogP contribution in [0.2, 0.25) is 0 Å². The molecule has 1 aromatic rings. The minimum Gasteiger partial charge on any atom is -0.366 e. The van der Waals surface area contributed by atoms with Crippen LogP contribution in [-0.4, -0.2) is 48.8 Å². The van der Waals surface area contributed by atoms with Gasteiger partial charge in [0.05, 0.1) is 11.4 Å². The van der Waals surface area contributed by atoms with E-state index in [-0.39, 0.29) is 6.17 Å². The molecule has 6 nitrogen and oxygen atoms in total. The highest BCUT2D eigenvalue weighted by molar-refractivity contribution is 5.70. The van der Waals surface area contributed by atoms with E-state index in [0.29, 0.717) is 0 Å². The molecule has 0 aliphatic carbocycles. The Labute approximate surface area is 113 Å². The van der Waals surface area contributed by atoms with E-state index in [2.05, 4.69) is 33.2 Å². The molecule has 5 N–H and O–H groups in total. The lowest BCUT2D eigenvalue weighted by molar-refractivity contribution is 0.246. The highest BCUT2D eigenvalue weighted by Gasteiger charge is 2.20. The van der Waals surface area contributed by atoms with Crippen molar-refractivity contribution in [3.63, 3.8) is 0 Å². The van der Waals surface area contributed by atoms with Crippen LogP contribution in [0.25, 0.3) is 0 Å². The van der Waals surface area contributed by atoms with Gasteiger partial charge in [0.2, 0.25) is 0 Å². The van der Waals surface area contributed by atoms with Gasteiger partial charge in [-0.15, -0.1) is 0 Å². The third kappa shape index (κ3) is 3.16. The summed E-state index contributed by atoms with van der Waals surface area (Å²) in [5.41, 5.74) is 8.81. The van der Waals surface area contributed by atoms with E-state index >= 15 is 0 Å². The number of rotatable bonds is 2. The maximum absolute atomic E-state index is 5.86. The zero-order valence-electron chi connectivity index (χ0n) is 11.1. The van der Waals surface area contributed by atoms with Crippen LogP contribution in [0, 0.1) is 0 Å². The molecule has 2 aliphatic heterocycles. The predicted molar refractivity (Wildman–Crippen MR) is 77.4 cm³/mol. The number of nitrogens with two attached hydrogens (primary N) is 1. The SMILES string of the molecule is NN1CCCN(CC2NNc3ccccc3N2)CC1. The van der Waals surface area contributed by atoms with Crippen molar-refractivity contribution in [2.75, 3.05) is 43.5 Å². The fraction of sp³-hybridized carbons (Fsp3) is 0.538. The molecule has 1 fully saturated rings. The Morgan fingerprint density at radius 2 is 1.95 bits per heavy atom. The monoisotopic (exact) mass is 262 g/mol. The number of benzene rings is 1. The molecule has 1 aromatic carbocycles. The summed E-state index contributed by atoms with van der Waals surface area (Å²) in [6.45, 7) is 5.03. The van der Waals surface area contributed by atoms with Crippen LogP contribution in [0.3, 0.4) is 0 Å². The molecule has 3 rings (SSSR count). The van der Waals surface area contributed by atoms with Crippen LogP contribution in [0.5, 0.6) is 0 Å². The molecule has 0 radical (unpaired) electrons. The normalized spacial score (nSPS) is 25.0. The van der Waals surface area contributed by atoms with Crippen molar-refractivity contribution in [2.45, 2.75) is 12.6 Å². The van der Waals surface area contributed by atoms with Gasteiger partial charge in [0, 0.05) is 26.2 Å². The van der Waals surface area contributed by atoms with E-state index in [1.54, 1.807) is 0 Å². The molecule has 1 atom stereocenters. The number of hydrazine groups is 2. The standard InChI is InChI=1S/C13H22N6/c14-19-7-3-6-18(8-9-19)10-13-15-11-4-1-2-5-12(11)16-17-13/h1-2,4-5,13,15-17H,3,6-10,14H2. The molecule has 1 unspecified atom stereocenters. The Kier molecular flexibility index (Phi) is 3.84. The average molecular weight is 262 g/mol. The Balaban J connectivity index is 1.57. The van der Waals surface area contributed by atoms with E-state index in [9.17, 15) is 0 Å². The average Bonchev–Trinajstić information content (AvgIpc) is 2.64. The van der Waals surface area contributed by atoms with Gasteiger partial charge in [-0.25, -0.2) is 10.4 Å². The second-order valence-electron chi connectivity index (χ2n) is 5.20. The van der Waals surface area contributed by atoms with E-state index in [0.717, 1.165) is 50.5 Å². The van der Waals surface area contributed by atoms with Crippen molar-refractivity contribution in [2.24, 2.45) is 5.84 Å². The van der Waals surface area contributed by atoms with Crippen LogP contribution < -0.4 is 22.0 Å². The van der Waals surface area contributed by atoms with Crippen molar-refractivity contribution in [1.82, 2.24) is 15.3 Å². The smallest absolute Gasteiger partial charge is 0.107 e. The molecule has 6 heteroatoms. The molecule has 1 saturated heterocycles. The summed E-state index contributed by atoms with van der Waals surface area (Å²) in [6.07, 6.45) is 1.35. The largest absolute Gasteiger partial charge is 0.366 e. The molecule has 2 aliphatic rings. The summed E-state index contributed by atoms with van der Waals surface area (Å²) in [5, 5.41) is 5.43. The predicted octanol–water partition coefficient (Wildman–Crippen LogP) is 0.236. The fourth-order valence-corrected chi connectivity index (χ4v) is 2.63. The Hall–Kier alpha value is -1.34. The van der Waals surface area contributed by atoms with Gasteiger partial charge in [-0.2, -0.15) is 0 Å². The van der Waals surface area contributed by atoms with Gasteiger partial charge in [-0.1, -0.05) is 12.1 Å². The number of fused-ring (bicyclic) bond motifs is 1. The molecule has 0 saturated carbocycles. The fourth-order valence-electron chi connectivity index (χ4n) is 2.63. The first kappa shape index (κ1) is 12.7. The number of anilines is 2. The zero-order valence-corrected chi connectivity index (χ0v) is 11.1. The maximum atomic E-state index is 5.86. The summed E-state index contributed by atoms with van der Waals surface area (Å²) >= 11 is 0. The van der Waals surface area contributed by atoms with Crippen LogP contribution >= 0.6 is 0 Å². The molecule has 0 aromatic heterocycles. The first-order valence-electron chi connectivity index (χ1n) is 6.90. The zero-order chi connectivity index (χ0) is 13.1. The Morgan fingerprint density at radius 3 is 2.84 bits per heavy atom. The lowest BCUT2D eigenvalue weighted by Crippen LogP contribution is -2.51. The third-order valence-corrected chi connectivity index (χ3v) is 3.70. The lowest BCUT2D eigenvalue weighted by Gasteiger charge is -2.33. The number of para-hydroxylation sites is 2. The highest BCUT2D eigenvalue weighted by atomic mass is 15.5. The van der Waals surface area contributed by atoms with Crippen LogP contribution in [0.15, 0.2) is 24.3 Å². The van der Waals surface area contributed by atoms with Gasteiger partial charge in [0.25, 0.3) is 0 Å². The van der Waals surface area contributed by atoms with Crippen LogP contribution in [0.1, 0.15) is 6.42 Å². The van der Waals surface area contributed by atoms with Crippen molar-refractivity contribution in [3.05, 3.63) is 24.3 Å². The summed E-state index contributed by atoms with van der Waals surface area (Å²) in [5.74, 6) is 5.86. The molecule has 0 bridgehead atoms. The Morgan fingerprint density at radius 1 is 1.11 bits per heavy atom. The minimum absolute atomic E-state index is 0.222. The molecule has 0 spiro atoms. The number of hydrogen-bond acceptors (Lipinski definition) is 6. The van der Waals surface area contributed by atoms with E-state index in [1.807, 2.05) is 17.1 Å². The van der Waals surface area contributed by atoms with Crippen molar-refractivity contribution in [3.8, 4) is 0 Å². The maximum Gasteiger partial charge on any atom is 0.107 e. The molecule has 0 amide bonds. The highest BCUT2D eigenvalue weighted by Crippen LogP contribution is 2.23. The van der Waals surface area contributed by atoms with E-state index in [4.69, 9.17) is 5.84 Å². The summed E-state index contributed by atoms with van der Waals surface area (Å²) in [6, 6.07) is 8.23. The second kappa shape index (κ2) is 5.75. The van der Waals surface area contributed by atoms with Crippen molar-refractivity contribution >= 4 is 11.4 Å². The van der Waals surface area contributed by atoms with E-state index < -0.39 is 0 Å². The second-order valence-corrected chi connectivity index (χ2v) is 5.20. The Bertz CT molecular complexity index is 423. The van der Waals surface area contributed by atoms with E-state index in [1.165, 1.54) is 0 Å². The van der Waals surface area contributed by atoms with Gasteiger partial charge in [-0.3, -0.25) is 10.7 Å². The van der Waals surface area contributed by atoms with Gasteiger partial charge in [-0.05, 0) is 25.1 Å². The van der Waals surface area contributed by atoms with Gasteiger partial charge >= 0.3 is 0 Å². The number of nitrogens with zero attached hydrogens (tertiary/aromatic N) is 2. The van der Waals surface area contributed by atoms with Crippen LogP contribution in [-0.2, 0) is 0 Å². The summed E-state index contributed by atoms with van der Waals surface area (Å²) in [4.78, 5) is 2.45. The molecular formula is C13H22N6. The van der Waals surface area contributed by atoms with Gasteiger partial charge in [0.1, 0.15) is 6.17 Å². The minimum atomic E-state index is 0.222. The van der Waals surface area contributed by atoms with Gasteiger partial charge in [0.15, 0.2) is 0 Å². The van der Waals surface area contributed by atoms with Crippen LogP contribution in [0.4, 0.5) is 11.4 Å². The third-order valence-electron chi connectivity index (χ3n) is 3.70. The number of nitrogens with one attached hydrogen (secondary N) is 3. The first-order chi connectivity index (χ1) is 9.31. The van der Waals surface area contributed by atoms with Gasteiger partial charge < -0.3 is 10.7 Å². The quantitative estimate of drug-likeness (QED) is 0.572. The first-order valence-corrected chi connectivity index (χ1v) is 6.90. The topological polar surface area (TPSA) is 68.6 Å². The summed E-state index contributed by atoms with van der Waals surface area (Å²) in [7, 11) is 0. The molecule has 19 heavy (non-hydrogen) atoms. The lowest BCUT2D eigenvalue weighted by atomic mass is 10.2. The molecular weight excluding hydrogens is 240 g/mol. The molecule has 2 heterocycles. The number of hydrogen-bond donors (Lipinski definition) is 4.